The predicted molar refractivity (Wildman–Crippen MR) is 63.7 cm³/mol. The van der Waals surface area contributed by atoms with E-state index in [0.29, 0.717) is 12.5 Å². The van der Waals surface area contributed by atoms with E-state index >= 15 is 0 Å². The number of unbranched alkanes of at least 4 members (excludes halogenated alkanes) is 2. The molecular formula is C11H25N3O. The monoisotopic (exact) mass is 215 g/mol. The molecule has 1 amide bonds. The fourth-order valence-electron chi connectivity index (χ4n) is 1.14. The van der Waals surface area contributed by atoms with Gasteiger partial charge in [-0.05, 0) is 40.4 Å². The summed E-state index contributed by atoms with van der Waals surface area (Å²) in [7, 11) is 4.02. The Bertz CT molecular complexity index is 171. The zero-order valence-electron chi connectivity index (χ0n) is 10.3. The summed E-state index contributed by atoms with van der Waals surface area (Å²) in [5.74, 6) is 0.153. The molecule has 0 bridgehead atoms. The summed E-state index contributed by atoms with van der Waals surface area (Å²) >= 11 is 0. The van der Waals surface area contributed by atoms with Gasteiger partial charge < -0.3 is 16.0 Å². The first-order chi connectivity index (χ1) is 7.07. The lowest BCUT2D eigenvalue weighted by Gasteiger charge is -2.19. The Hall–Kier alpha value is -0.610. The molecule has 0 heterocycles. The van der Waals surface area contributed by atoms with E-state index in [2.05, 4.69) is 17.1 Å². The van der Waals surface area contributed by atoms with Gasteiger partial charge in [-0.15, -0.1) is 0 Å². The Labute approximate surface area is 93.2 Å². The summed E-state index contributed by atoms with van der Waals surface area (Å²) in [5.41, 5.74) is 5.37. The minimum Gasteiger partial charge on any atom is -0.355 e. The maximum Gasteiger partial charge on any atom is 0.220 e. The van der Waals surface area contributed by atoms with Crippen LogP contribution >= 0.6 is 0 Å². The molecule has 0 aliphatic heterocycles. The molecule has 0 spiro atoms. The van der Waals surface area contributed by atoms with Gasteiger partial charge in [-0.2, -0.15) is 0 Å². The standard InChI is InChI=1S/C11H25N3O/c1-10(14(2)3)9-13-11(15)7-5-4-6-8-12/h10H,4-9,12H2,1-3H3,(H,13,15). The summed E-state index contributed by atoms with van der Waals surface area (Å²) in [6.45, 7) is 3.54. The lowest BCUT2D eigenvalue weighted by Crippen LogP contribution is -2.38. The van der Waals surface area contributed by atoms with E-state index in [0.717, 1.165) is 32.4 Å². The second-order valence-corrected chi connectivity index (χ2v) is 4.22. The van der Waals surface area contributed by atoms with Crippen molar-refractivity contribution in [3.8, 4) is 0 Å². The molecule has 0 aromatic carbocycles. The minimum absolute atomic E-state index is 0.153. The van der Waals surface area contributed by atoms with Crippen LogP contribution in [0.1, 0.15) is 32.6 Å². The maximum absolute atomic E-state index is 11.4. The van der Waals surface area contributed by atoms with E-state index < -0.39 is 0 Å². The first-order valence-corrected chi connectivity index (χ1v) is 5.71. The van der Waals surface area contributed by atoms with Crippen molar-refractivity contribution in [1.82, 2.24) is 10.2 Å². The van der Waals surface area contributed by atoms with Crippen LogP contribution in [0.2, 0.25) is 0 Å². The number of carbonyl (C=O) groups excluding carboxylic acids is 1. The van der Waals surface area contributed by atoms with Crippen molar-refractivity contribution in [2.24, 2.45) is 5.73 Å². The Morgan fingerprint density at radius 1 is 1.33 bits per heavy atom. The predicted octanol–water partition coefficient (Wildman–Crippen LogP) is 0.572. The molecule has 0 aliphatic rings. The SMILES string of the molecule is CC(CNC(=O)CCCCCN)N(C)C. The average molecular weight is 215 g/mol. The van der Waals surface area contributed by atoms with Crippen molar-refractivity contribution >= 4 is 5.91 Å². The summed E-state index contributed by atoms with van der Waals surface area (Å²) in [4.78, 5) is 13.5. The number of amides is 1. The van der Waals surface area contributed by atoms with Gasteiger partial charge in [-0.25, -0.2) is 0 Å². The second kappa shape index (κ2) is 8.68. The third-order valence-electron chi connectivity index (χ3n) is 2.58. The van der Waals surface area contributed by atoms with E-state index in [1.807, 2.05) is 14.1 Å². The van der Waals surface area contributed by atoms with Gasteiger partial charge in [0.25, 0.3) is 0 Å². The summed E-state index contributed by atoms with van der Waals surface area (Å²) in [6.07, 6.45) is 3.63. The number of likely N-dealkylation sites (N-methyl/N-ethyl adjacent to an activating group) is 1. The highest BCUT2D eigenvalue weighted by Gasteiger charge is 2.06. The number of nitrogens with zero attached hydrogens (tertiary/aromatic N) is 1. The first-order valence-electron chi connectivity index (χ1n) is 5.71. The molecule has 1 atom stereocenters. The van der Waals surface area contributed by atoms with E-state index in [-0.39, 0.29) is 5.91 Å². The number of nitrogens with one attached hydrogen (secondary N) is 1. The van der Waals surface area contributed by atoms with Gasteiger partial charge in [-0.1, -0.05) is 6.42 Å². The molecule has 0 aliphatic carbocycles. The molecule has 0 saturated heterocycles. The smallest absolute Gasteiger partial charge is 0.220 e. The van der Waals surface area contributed by atoms with Crippen molar-refractivity contribution < 1.29 is 4.79 Å². The quantitative estimate of drug-likeness (QED) is 0.582. The first kappa shape index (κ1) is 14.4. The second-order valence-electron chi connectivity index (χ2n) is 4.22. The lowest BCUT2D eigenvalue weighted by atomic mass is 10.2. The Kier molecular flexibility index (Phi) is 8.33. The highest BCUT2D eigenvalue weighted by atomic mass is 16.1. The number of hydrogen-bond donors (Lipinski definition) is 2. The fraction of sp³-hybridized carbons (Fsp3) is 0.909. The van der Waals surface area contributed by atoms with Crippen molar-refractivity contribution in [2.75, 3.05) is 27.2 Å². The highest BCUT2D eigenvalue weighted by molar-refractivity contribution is 5.75. The third kappa shape index (κ3) is 8.39. The van der Waals surface area contributed by atoms with Crippen LogP contribution in [-0.2, 0) is 4.79 Å². The summed E-state index contributed by atoms with van der Waals surface area (Å²) < 4.78 is 0. The fourth-order valence-corrected chi connectivity index (χ4v) is 1.14. The molecule has 4 heteroatoms. The normalized spacial score (nSPS) is 12.9. The number of hydrogen-bond acceptors (Lipinski definition) is 3. The molecule has 0 aromatic heterocycles. The minimum atomic E-state index is 0.153. The Morgan fingerprint density at radius 3 is 2.53 bits per heavy atom. The summed E-state index contributed by atoms with van der Waals surface area (Å²) in [5, 5.41) is 2.93. The van der Waals surface area contributed by atoms with Crippen LogP contribution in [0.4, 0.5) is 0 Å². The number of nitrogens with two attached hydrogens (primary N) is 1. The van der Waals surface area contributed by atoms with Crippen LogP contribution in [-0.4, -0.2) is 44.0 Å². The van der Waals surface area contributed by atoms with Crippen LogP contribution in [0.25, 0.3) is 0 Å². The molecule has 0 radical (unpaired) electrons. The number of carbonyl (C=O) groups is 1. The van der Waals surface area contributed by atoms with Crippen LogP contribution in [0, 0.1) is 0 Å². The maximum atomic E-state index is 11.4. The molecular weight excluding hydrogens is 190 g/mol. The van der Waals surface area contributed by atoms with Gasteiger partial charge in [-0.3, -0.25) is 4.79 Å². The lowest BCUT2D eigenvalue weighted by molar-refractivity contribution is -0.121. The van der Waals surface area contributed by atoms with Crippen LogP contribution in [0.3, 0.4) is 0 Å². The van der Waals surface area contributed by atoms with Gasteiger partial charge in [0.05, 0.1) is 0 Å². The molecule has 0 saturated carbocycles. The molecule has 15 heavy (non-hydrogen) atoms. The van der Waals surface area contributed by atoms with Gasteiger partial charge in [0.15, 0.2) is 0 Å². The molecule has 0 fully saturated rings. The largest absolute Gasteiger partial charge is 0.355 e. The molecule has 1 unspecified atom stereocenters. The van der Waals surface area contributed by atoms with E-state index in [4.69, 9.17) is 5.73 Å². The van der Waals surface area contributed by atoms with E-state index in [1.165, 1.54) is 0 Å². The van der Waals surface area contributed by atoms with Crippen LogP contribution in [0.5, 0.6) is 0 Å². The molecule has 90 valence electrons. The Morgan fingerprint density at radius 2 is 2.00 bits per heavy atom. The van der Waals surface area contributed by atoms with E-state index in [9.17, 15) is 4.79 Å². The van der Waals surface area contributed by atoms with Crippen LogP contribution in [0.15, 0.2) is 0 Å². The third-order valence-corrected chi connectivity index (χ3v) is 2.58. The zero-order valence-corrected chi connectivity index (χ0v) is 10.3. The van der Waals surface area contributed by atoms with Crippen molar-refractivity contribution in [1.29, 1.82) is 0 Å². The van der Waals surface area contributed by atoms with Gasteiger partial charge in [0.2, 0.25) is 5.91 Å². The van der Waals surface area contributed by atoms with Crippen molar-refractivity contribution in [3.63, 3.8) is 0 Å². The topological polar surface area (TPSA) is 58.4 Å². The van der Waals surface area contributed by atoms with Gasteiger partial charge >= 0.3 is 0 Å². The average Bonchev–Trinajstić information content (AvgIpc) is 2.20. The number of rotatable bonds is 8. The summed E-state index contributed by atoms with van der Waals surface area (Å²) in [6, 6.07) is 0.387. The Balaban J connectivity index is 3.41. The molecule has 4 nitrogen and oxygen atoms in total. The van der Waals surface area contributed by atoms with Crippen molar-refractivity contribution in [3.05, 3.63) is 0 Å². The van der Waals surface area contributed by atoms with E-state index in [1.54, 1.807) is 0 Å². The van der Waals surface area contributed by atoms with Gasteiger partial charge in [0, 0.05) is 19.0 Å². The van der Waals surface area contributed by atoms with Gasteiger partial charge in [0.1, 0.15) is 0 Å². The highest BCUT2D eigenvalue weighted by Crippen LogP contribution is 1.98. The zero-order chi connectivity index (χ0) is 11.7. The molecule has 0 aromatic rings. The molecule has 0 rings (SSSR count). The molecule has 3 N–H and O–H groups in total. The van der Waals surface area contributed by atoms with Crippen molar-refractivity contribution in [2.45, 2.75) is 38.6 Å². The van der Waals surface area contributed by atoms with Crippen LogP contribution < -0.4 is 11.1 Å².